The van der Waals surface area contributed by atoms with E-state index in [2.05, 4.69) is 38.3 Å². The maximum atomic E-state index is 12.2. The van der Waals surface area contributed by atoms with Crippen LogP contribution in [0.25, 0.3) is 0 Å². The highest BCUT2D eigenvalue weighted by atomic mass is 16.5. The van der Waals surface area contributed by atoms with E-state index in [0.717, 1.165) is 16.8 Å². The minimum atomic E-state index is -0.627. The number of hydrogen-bond acceptors (Lipinski definition) is 3. The van der Waals surface area contributed by atoms with Crippen molar-refractivity contribution < 1.29 is 14.3 Å². The van der Waals surface area contributed by atoms with E-state index in [0.29, 0.717) is 19.6 Å². The Hall–Kier alpha value is -1.88. The molecule has 1 aromatic carbocycles. The van der Waals surface area contributed by atoms with E-state index in [9.17, 15) is 9.59 Å². The van der Waals surface area contributed by atoms with Gasteiger partial charge in [-0.1, -0.05) is 45.9 Å². The van der Waals surface area contributed by atoms with E-state index in [1.807, 2.05) is 18.2 Å². The molecule has 5 heteroatoms. The maximum Gasteiger partial charge on any atom is 0.313 e. The number of amides is 2. The Labute approximate surface area is 138 Å². The van der Waals surface area contributed by atoms with Crippen LogP contribution in [0.2, 0.25) is 0 Å². The lowest BCUT2D eigenvalue weighted by Gasteiger charge is -2.20. The van der Waals surface area contributed by atoms with E-state index in [1.54, 1.807) is 7.11 Å². The number of carbonyl (C=O) groups excluding carboxylic acids is 2. The Morgan fingerprint density at radius 1 is 1.04 bits per heavy atom. The fraction of sp³-hybridized carbons (Fsp3) is 0.556. The van der Waals surface area contributed by atoms with E-state index < -0.39 is 11.8 Å². The summed E-state index contributed by atoms with van der Waals surface area (Å²) < 4.78 is 4.91. The minimum absolute atomic E-state index is 0.258. The molecule has 5 nitrogen and oxygen atoms in total. The molecule has 0 unspecified atom stereocenters. The number of para-hydroxylation sites is 1. The summed E-state index contributed by atoms with van der Waals surface area (Å²) >= 11 is 0. The zero-order valence-corrected chi connectivity index (χ0v) is 14.7. The lowest BCUT2D eigenvalue weighted by Crippen LogP contribution is -2.36. The molecule has 23 heavy (non-hydrogen) atoms. The van der Waals surface area contributed by atoms with Crippen molar-refractivity contribution in [1.82, 2.24) is 5.32 Å². The van der Waals surface area contributed by atoms with Crippen molar-refractivity contribution in [1.29, 1.82) is 0 Å². The van der Waals surface area contributed by atoms with Gasteiger partial charge in [0.15, 0.2) is 0 Å². The zero-order chi connectivity index (χ0) is 17.4. The molecule has 0 fully saturated rings. The van der Waals surface area contributed by atoms with Gasteiger partial charge >= 0.3 is 11.8 Å². The van der Waals surface area contributed by atoms with Crippen LogP contribution in [0.5, 0.6) is 0 Å². The molecule has 0 saturated heterocycles. The van der Waals surface area contributed by atoms with Crippen LogP contribution in [0.3, 0.4) is 0 Å². The van der Waals surface area contributed by atoms with Gasteiger partial charge in [0.1, 0.15) is 0 Å². The van der Waals surface area contributed by atoms with Gasteiger partial charge < -0.3 is 15.4 Å². The zero-order valence-electron chi connectivity index (χ0n) is 14.7. The molecule has 0 atom stereocenters. The number of anilines is 1. The van der Waals surface area contributed by atoms with E-state index in [1.165, 1.54) is 0 Å². The van der Waals surface area contributed by atoms with Crippen LogP contribution in [0, 0.1) is 0 Å². The molecule has 0 bridgehead atoms. The largest absolute Gasteiger partial charge is 0.385 e. The molecule has 0 aromatic heterocycles. The molecule has 0 spiro atoms. The quantitative estimate of drug-likeness (QED) is 0.599. The number of benzene rings is 1. The number of ether oxygens (including phenoxy) is 1. The molecule has 2 amide bonds. The Morgan fingerprint density at radius 3 is 2.09 bits per heavy atom. The van der Waals surface area contributed by atoms with Crippen LogP contribution in [0.1, 0.15) is 57.1 Å². The molecule has 0 aliphatic carbocycles. The maximum absolute atomic E-state index is 12.2. The summed E-state index contributed by atoms with van der Waals surface area (Å²) in [5.74, 6) is -0.727. The van der Waals surface area contributed by atoms with Gasteiger partial charge in [-0.15, -0.1) is 0 Å². The molecule has 1 aromatic rings. The summed E-state index contributed by atoms with van der Waals surface area (Å²) in [5, 5.41) is 5.40. The molecule has 0 heterocycles. The molecular formula is C18H28N2O3. The van der Waals surface area contributed by atoms with Gasteiger partial charge in [-0.05, 0) is 29.4 Å². The first-order valence-corrected chi connectivity index (χ1v) is 8.09. The lowest BCUT2D eigenvalue weighted by molar-refractivity contribution is -0.136. The number of nitrogens with one attached hydrogen (secondary N) is 2. The normalized spacial score (nSPS) is 10.9. The minimum Gasteiger partial charge on any atom is -0.385 e. The number of carbonyl (C=O) groups is 2. The van der Waals surface area contributed by atoms with Gasteiger partial charge in [0, 0.05) is 25.9 Å². The molecule has 0 saturated carbocycles. The summed E-state index contributed by atoms with van der Waals surface area (Å²) in [6, 6.07) is 5.97. The van der Waals surface area contributed by atoms with Gasteiger partial charge in [0.2, 0.25) is 0 Å². The SMILES string of the molecule is COCCCNC(=O)C(=O)Nc1c(C(C)C)cccc1C(C)C. The second kappa shape index (κ2) is 9.30. The van der Waals surface area contributed by atoms with Crippen molar-refractivity contribution in [3.05, 3.63) is 29.3 Å². The van der Waals surface area contributed by atoms with E-state index in [4.69, 9.17) is 4.74 Å². The summed E-state index contributed by atoms with van der Waals surface area (Å²) in [5.41, 5.74) is 2.84. The van der Waals surface area contributed by atoms with Crippen LogP contribution < -0.4 is 10.6 Å². The van der Waals surface area contributed by atoms with Crippen LogP contribution in [0.4, 0.5) is 5.69 Å². The van der Waals surface area contributed by atoms with Crippen molar-refractivity contribution in [3.8, 4) is 0 Å². The molecule has 0 aliphatic heterocycles. The molecule has 2 N–H and O–H groups in total. The van der Waals surface area contributed by atoms with Crippen molar-refractivity contribution in [3.63, 3.8) is 0 Å². The van der Waals surface area contributed by atoms with Gasteiger partial charge in [0.05, 0.1) is 0 Å². The second-order valence-electron chi connectivity index (χ2n) is 6.18. The average Bonchev–Trinajstić information content (AvgIpc) is 2.50. The lowest BCUT2D eigenvalue weighted by atomic mass is 9.92. The van der Waals surface area contributed by atoms with Crippen molar-refractivity contribution in [2.45, 2.75) is 46.0 Å². The third kappa shape index (κ3) is 5.67. The molecular weight excluding hydrogens is 292 g/mol. The highest BCUT2D eigenvalue weighted by Gasteiger charge is 2.19. The smallest absolute Gasteiger partial charge is 0.313 e. The van der Waals surface area contributed by atoms with Gasteiger partial charge in [0.25, 0.3) is 0 Å². The van der Waals surface area contributed by atoms with Crippen molar-refractivity contribution in [2.24, 2.45) is 0 Å². The topological polar surface area (TPSA) is 67.4 Å². The van der Waals surface area contributed by atoms with Crippen LogP contribution >= 0.6 is 0 Å². The summed E-state index contributed by atoms with van der Waals surface area (Å²) in [6.07, 6.45) is 0.676. The number of hydrogen-bond donors (Lipinski definition) is 2. The second-order valence-corrected chi connectivity index (χ2v) is 6.18. The Kier molecular flexibility index (Phi) is 7.75. The average molecular weight is 320 g/mol. The van der Waals surface area contributed by atoms with Crippen LogP contribution in [-0.2, 0) is 14.3 Å². The Balaban J connectivity index is 2.86. The van der Waals surface area contributed by atoms with Gasteiger partial charge in [-0.2, -0.15) is 0 Å². The highest BCUT2D eigenvalue weighted by molar-refractivity contribution is 6.39. The summed E-state index contributed by atoms with van der Waals surface area (Å²) in [6.45, 7) is 9.25. The summed E-state index contributed by atoms with van der Waals surface area (Å²) in [7, 11) is 1.60. The molecule has 128 valence electrons. The van der Waals surface area contributed by atoms with E-state index >= 15 is 0 Å². The fourth-order valence-corrected chi connectivity index (χ4v) is 2.36. The highest BCUT2D eigenvalue weighted by Crippen LogP contribution is 2.32. The van der Waals surface area contributed by atoms with Gasteiger partial charge in [-0.3, -0.25) is 9.59 Å². The first-order valence-electron chi connectivity index (χ1n) is 8.09. The fourth-order valence-electron chi connectivity index (χ4n) is 2.36. The first kappa shape index (κ1) is 19.2. The van der Waals surface area contributed by atoms with Crippen molar-refractivity contribution >= 4 is 17.5 Å². The molecule has 1 rings (SSSR count). The Bertz CT molecular complexity index is 513. The number of rotatable bonds is 7. The van der Waals surface area contributed by atoms with Crippen LogP contribution in [0.15, 0.2) is 18.2 Å². The first-order chi connectivity index (χ1) is 10.9. The molecule has 0 radical (unpaired) electrons. The van der Waals surface area contributed by atoms with Crippen molar-refractivity contribution in [2.75, 3.05) is 25.6 Å². The number of methoxy groups -OCH3 is 1. The van der Waals surface area contributed by atoms with E-state index in [-0.39, 0.29) is 11.8 Å². The third-order valence-electron chi connectivity index (χ3n) is 3.63. The third-order valence-corrected chi connectivity index (χ3v) is 3.63. The molecule has 0 aliphatic rings. The standard InChI is InChI=1S/C18H28N2O3/c1-12(2)14-8-6-9-15(13(3)4)16(14)20-18(22)17(21)19-10-7-11-23-5/h6,8-9,12-13H,7,10-11H2,1-5H3,(H,19,21)(H,20,22). The van der Waals surface area contributed by atoms with Crippen LogP contribution in [-0.4, -0.2) is 32.1 Å². The Morgan fingerprint density at radius 2 is 1.61 bits per heavy atom. The predicted octanol–water partition coefficient (Wildman–Crippen LogP) is 3.02. The van der Waals surface area contributed by atoms with Gasteiger partial charge in [-0.25, -0.2) is 0 Å². The monoisotopic (exact) mass is 320 g/mol. The predicted molar refractivity (Wildman–Crippen MR) is 92.8 cm³/mol. The summed E-state index contributed by atoms with van der Waals surface area (Å²) in [4.78, 5) is 24.1.